The van der Waals surface area contributed by atoms with E-state index in [0.717, 1.165) is 16.4 Å². The molecule has 10 heteroatoms. The molecule has 0 aliphatic carbocycles. The molecule has 0 bridgehead atoms. The summed E-state index contributed by atoms with van der Waals surface area (Å²) in [5, 5.41) is 6.86. The number of carbonyl (C=O) groups is 1. The van der Waals surface area contributed by atoms with E-state index >= 15 is 0 Å². The highest BCUT2D eigenvalue weighted by Gasteiger charge is 2.42. The van der Waals surface area contributed by atoms with Crippen LogP contribution in [0, 0.1) is 0 Å². The maximum absolute atomic E-state index is 12.4. The van der Waals surface area contributed by atoms with Crippen LogP contribution in [0.2, 0.25) is 0 Å². The number of anilines is 1. The zero-order valence-electron chi connectivity index (χ0n) is 17.8. The van der Waals surface area contributed by atoms with Crippen molar-refractivity contribution in [3.05, 3.63) is 53.6 Å². The van der Waals surface area contributed by atoms with Gasteiger partial charge in [0.05, 0.1) is 31.8 Å². The number of aliphatic imine (C=N–C) groups is 1. The van der Waals surface area contributed by atoms with Crippen molar-refractivity contribution in [3.63, 3.8) is 0 Å². The van der Waals surface area contributed by atoms with Crippen molar-refractivity contribution in [2.45, 2.75) is 17.7 Å². The van der Waals surface area contributed by atoms with E-state index in [0.29, 0.717) is 30.0 Å². The van der Waals surface area contributed by atoms with Gasteiger partial charge in [-0.05, 0) is 48.4 Å². The molecule has 0 spiro atoms. The molecule has 1 saturated heterocycles. The van der Waals surface area contributed by atoms with Crippen molar-refractivity contribution < 1.29 is 22.7 Å². The van der Waals surface area contributed by atoms with Crippen LogP contribution in [-0.2, 0) is 16.3 Å². The van der Waals surface area contributed by atoms with E-state index in [1.165, 1.54) is 11.8 Å². The van der Waals surface area contributed by atoms with E-state index in [1.807, 2.05) is 30.3 Å². The van der Waals surface area contributed by atoms with Gasteiger partial charge >= 0.3 is 0 Å². The van der Waals surface area contributed by atoms with Gasteiger partial charge < -0.3 is 20.1 Å². The van der Waals surface area contributed by atoms with Gasteiger partial charge in [-0.15, -0.1) is 0 Å². The third-order valence-electron chi connectivity index (χ3n) is 5.36. The van der Waals surface area contributed by atoms with Gasteiger partial charge in [0.25, 0.3) is 5.91 Å². The van der Waals surface area contributed by atoms with Crippen molar-refractivity contribution in [2.75, 3.05) is 37.6 Å². The summed E-state index contributed by atoms with van der Waals surface area (Å²) in [6.07, 6.45) is 0.667. The summed E-state index contributed by atoms with van der Waals surface area (Å²) in [6.45, 7) is 0.494. The summed E-state index contributed by atoms with van der Waals surface area (Å²) < 4.78 is 33.9. The third kappa shape index (κ3) is 5.18. The fourth-order valence-corrected chi connectivity index (χ4v) is 7.38. The molecule has 1 fully saturated rings. The summed E-state index contributed by atoms with van der Waals surface area (Å²) in [7, 11) is 0.226. The molecule has 0 unspecified atom stereocenters. The van der Waals surface area contributed by atoms with E-state index < -0.39 is 9.84 Å². The third-order valence-corrected chi connectivity index (χ3v) is 8.51. The monoisotopic (exact) mass is 475 g/mol. The molecule has 170 valence electrons. The quantitative estimate of drug-likeness (QED) is 0.633. The molecular weight excluding hydrogens is 450 g/mol. The number of hydrogen-bond acceptors (Lipinski definition) is 8. The number of nitrogens with one attached hydrogen (secondary N) is 2. The highest BCUT2D eigenvalue weighted by molar-refractivity contribution is 8.15. The second kappa shape index (κ2) is 9.41. The lowest BCUT2D eigenvalue weighted by molar-refractivity contribution is 0.0954. The lowest BCUT2D eigenvalue weighted by Crippen LogP contribution is -2.25. The van der Waals surface area contributed by atoms with Gasteiger partial charge in [0.2, 0.25) is 0 Å². The highest BCUT2D eigenvalue weighted by Crippen LogP contribution is 2.34. The Hall–Kier alpha value is -2.72. The molecule has 0 saturated carbocycles. The molecule has 0 radical (unpaired) electrons. The first-order valence-electron chi connectivity index (χ1n) is 10.2. The van der Waals surface area contributed by atoms with Gasteiger partial charge in [0.1, 0.15) is 0 Å². The van der Waals surface area contributed by atoms with E-state index in [-0.39, 0.29) is 28.7 Å². The lowest BCUT2D eigenvalue weighted by atomic mass is 10.1. The van der Waals surface area contributed by atoms with Gasteiger partial charge in [-0.1, -0.05) is 17.8 Å². The number of rotatable bonds is 7. The number of nitrogens with zero attached hydrogens (tertiary/aromatic N) is 1. The van der Waals surface area contributed by atoms with E-state index in [2.05, 4.69) is 15.6 Å². The molecule has 2 aromatic rings. The van der Waals surface area contributed by atoms with E-state index in [1.54, 1.807) is 26.4 Å². The first kappa shape index (κ1) is 22.5. The van der Waals surface area contributed by atoms with Crippen LogP contribution in [0.3, 0.4) is 0 Å². The SMILES string of the molecule is COc1ccc(CCNC(=O)c2ccc(NC3=N[C@H]4CS(=O)(=O)C[C@@H]4S3)cc2)cc1OC. The molecule has 2 N–H and O–H groups in total. The maximum atomic E-state index is 12.4. The number of methoxy groups -OCH3 is 2. The number of hydrogen-bond donors (Lipinski definition) is 2. The average Bonchev–Trinajstić information content (AvgIpc) is 3.26. The Morgan fingerprint density at radius 2 is 1.84 bits per heavy atom. The van der Waals surface area contributed by atoms with Gasteiger partial charge in [0.15, 0.2) is 26.5 Å². The first-order valence-corrected chi connectivity index (χ1v) is 12.9. The van der Waals surface area contributed by atoms with Crippen LogP contribution in [0.4, 0.5) is 5.69 Å². The average molecular weight is 476 g/mol. The number of amidine groups is 1. The normalized spacial score (nSPS) is 20.9. The van der Waals surface area contributed by atoms with Crippen LogP contribution in [0.1, 0.15) is 15.9 Å². The first-order chi connectivity index (χ1) is 15.4. The molecule has 2 aliphatic rings. The van der Waals surface area contributed by atoms with Gasteiger partial charge in [-0.25, -0.2) is 8.42 Å². The highest BCUT2D eigenvalue weighted by atomic mass is 32.2. The number of thioether (sulfide) groups is 1. The number of sulfone groups is 1. The standard InChI is InChI=1S/C22H25N3O5S2/c1-29-18-8-3-14(11-19(18)30-2)9-10-23-21(26)15-4-6-16(7-5-15)24-22-25-17-12-32(27,28)13-20(17)31-22/h3-8,11,17,20H,9-10,12-13H2,1-2H3,(H,23,26)(H,24,25)/t17-,20-/m0/s1. The topological polar surface area (TPSA) is 106 Å². The number of ether oxygens (including phenoxy) is 2. The minimum Gasteiger partial charge on any atom is -0.493 e. The molecule has 8 nitrogen and oxygen atoms in total. The summed E-state index contributed by atoms with van der Waals surface area (Å²) in [5.74, 6) is 1.49. The minimum atomic E-state index is -2.96. The molecule has 1 amide bonds. The Labute approximate surface area is 191 Å². The van der Waals surface area contributed by atoms with Gasteiger partial charge in [-0.3, -0.25) is 9.79 Å². The fraction of sp³-hybridized carbons (Fsp3) is 0.364. The number of benzene rings is 2. The molecule has 2 heterocycles. The molecule has 2 aliphatic heterocycles. The fourth-order valence-electron chi connectivity index (χ4n) is 3.70. The van der Waals surface area contributed by atoms with Gasteiger partial charge in [0, 0.05) is 23.0 Å². The molecular formula is C22H25N3O5S2. The van der Waals surface area contributed by atoms with Crippen LogP contribution in [0.15, 0.2) is 47.5 Å². The minimum absolute atomic E-state index is 0.00165. The second-order valence-electron chi connectivity index (χ2n) is 7.63. The van der Waals surface area contributed by atoms with Crippen LogP contribution in [0.25, 0.3) is 0 Å². The number of amides is 1. The van der Waals surface area contributed by atoms with E-state index in [9.17, 15) is 13.2 Å². The Morgan fingerprint density at radius 3 is 2.53 bits per heavy atom. The van der Waals surface area contributed by atoms with Crippen LogP contribution in [0.5, 0.6) is 11.5 Å². The Kier molecular flexibility index (Phi) is 6.61. The van der Waals surface area contributed by atoms with Crippen molar-refractivity contribution >= 4 is 38.4 Å². The lowest BCUT2D eigenvalue weighted by Gasteiger charge is -2.10. The smallest absolute Gasteiger partial charge is 0.251 e. The van der Waals surface area contributed by atoms with Crippen LogP contribution in [-0.4, -0.2) is 63.1 Å². The molecule has 4 rings (SSSR count). The summed E-state index contributed by atoms with van der Waals surface area (Å²) in [6, 6.07) is 12.7. The zero-order chi connectivity index (χ0) is 22.7. The van der Waals surface area contributed by atoms with Crippen LogP contribution >= 0.6 is 11.8 Å². The molecule has 2 atom stereocenters. The van der Waals surface area contributed by atoms with Crippen molar-refractivity contribution in [3.8, 4) is 11.5 Å². The van der Waals surface area contributed by atoms with Gasteiger partial charge in [-0.2, -0.15) is 0 Å². The Bertz CT molecular complexity index is 1130. The zero-order valence-corrected chi connectivity index (χ0v) is 19.5. The number of carbonyl (C=O) groups excluding carboxylic acids is 1. The van der Waals surface area contributed by atoms with Crippen molar-refractivity contribution in [2.24, 2.45) is 4.99 Å². The predicted molar refractivity (Wildman–Crippen MR) is 127 cm³/mol. The summed E-state index contributed by atoms with van der Waals surface area (Å²) in [5.41, 5.74) is 2.41. The summed E-state index contributed by atoms with van der Waals surface area (Å²) in [4.78, 5) is 16.9. The second-order valence-corrected chi connectivity index (χ2v) is 11.0. The van der Waals surface area contributed by atoms with Crippen LogP contribution < -0.4 is 20.1 Å². The largest absolute Gasteiger partial charge is 0.493 e. The molecule has 0 aromatic heterocycles. The number of fused-ring (bicyclic) bond motifs is 1. The molecule has 2 aromatic carbocycles. The van der Waals surface area contributed by atoms with Crippen molar-refractivity contribution in [1.29, 1.82) is 0 Å². The summed E-state index contributed by atoms with van der Waals surface area (Å²) >= 11 is 1.47. The maximum Gasteiger partial charge on any atom is 0.251 e. The predicted octanol–water partition coefficient (Wildman–Crippen LogP) is 2.36. The Balaban J connectivity index is 1.27. The van der Waals surface area contributed by atoms with Crippen molar-refractivity contribution in [1.82, 2.24) is 5.32 Å². The molecule has 32 heavy (non-hydrogen) atoms. The Morgan fingerprint density at radius 1 is 1.09 bits per heavy atom. The van der Waals surface area contributed by atoms with E-state index in [4.69, 9.17) is 9.47 Å².